The van der Waals surface area contributed by atoms with E-state index in [-0.39, 0.29) is 5.82 Å². The van der Waals surface area contributed by atoms with Crippen LogP contribution in [0.4, 0.5) is 4.39 Å². The molecule has 106 valence electrons. The molecule has 2 nitrogen and oxygen atoms in total. The number of hydrogen-bond donors (Lipinski definition) is 1. The summed E-state index contributed by atoms with van der Waals surface area (Å²) in [6, 6.07) is 14.4. The lowest BCUT2D eigenvalue weighted by Crippen LogP contribution is -2.13. The second-order valence-corrected chi connectivity index (χ2v) is 5.41. The lowest BCUT2D eigenvalue weighted by Gasteiger charge is -2.15. The summed E-state index contributed by atoms with van der Waals surface area (Å²) in [5.74, 6) is -0.268. The molecule has 0 fully saturated rings. The summed E-state index contributed by atoms with van der Waals surface area (Å²) in [4.78, 5) is 4.47. The summed E-state index contributed by atoms with van der Waals surface area (Å²) in [7, 11) is 0. The van der Waals surface area contributed by atoms with Gasteiger partial charge in [-0.15, -0.1) is 0 Å². The number of aryl methyl sites for hydroxylation is 2. The molecule has 0 saturated carbocycles. The van der Waals surface area contributed by atoms with Crippen molar-refractivity contribution in [1.82, 2.24) is 4.98 Å². The minimum atomic E-state index is -0.476. The maximum atomic E-state index is 14.0. The zero-order valence-electron chi connectivity index (χ0n) is 12.1. The van der Waals surface area contributed by atoms with E-state index >= 15 is 0 Å². The largest absolute Gasteiger partial charge is 0.320 e. The van der Waals surface area contributed by atoms with E-state index in [0.717, 1.165) is 27.7 Å². The van der Waals surface area contributed by atoms with Crippen molar-refractivity contribution in [3.8, 4) is 0 Å². The van der Waals surface area contributed by atoms with Crippen LogP contribution in [0.3, 0.4) is 0 Å². The molecule has 1 heterocycles. The molecule has 1 atom stereocenters. The van der Waals surface area contributed by atoms with Crippen LogP contribution in [0.1, 0.15) is 28.4 Å². The van der Waals surface area contributed by atoms with Gasteiger partial charge < -0.3 is 5.73 Å². The highest BCUT2D eigenvalue weighted by atomic mass is 19.1. The highest BCUT2D eigenvalue weighted by molar-refractivity contribution is 5.79. The Kier molecular flexibility index (Phi) is 3.43. The Morgan fingerprint density at radius 3 is 2.62 bits per heavy atom. The summed E-state index contributed by atoms with van der Waals surface area (Å²) >= 11 is 0. The van der Waals surface area contributed by atoms with Gasteiger partial charge in [-0.05, 0) is 43.7 Å². The molecule has 1 unspecified atom stereocenters. The Morgan fingerprint density at radius 2 is 1.81 bits per heavy atom. The summed E-state index contributed by atoms with van der Waals surface area (Å²) < 4.78 is 14.0. The summed E-state index contributed by atoms with van der Waals surface area (Å²) in [5.41, 5.74) is 10.6. The molecule has 21 heavy (non-hydrogen) atoms. The lowest BCUT2D eigenvalue weighted by molar-refractivity contribution is 0.599. The van der Waals surface area contributed by atoms with Crippen LogP contribution in [-0.4, -0.2) is 4.98 Å². The third kappa shape index (κ3) is 2.65. The molecule has 2 N–H and O–H groups in total. The molecule has 1 aromatic heterocycles. The Morgan fingerprint density at radius 1 is 1.00 bits per heavy atom. The van der Waals surface area contributed by atoms with Gasteiger partial charge in [0, 0.05) is 16.6 Å². The van der Waals surface area contributed by atoms with Gasteiger partial charge in [0.05, 0.1) is 11.6 Å². The highest BCUT2D eigenvalue weighted by Gasteiger charge is 2.14. The van der Waals surface area contributed by atoms with E-state index in [2.05, 4.69) is 4.98 Å². The van der Waals surface area contributed by atoms with Crippen molar-refractivity contribution < 1.29 is 4.39 Å². The second-order valence-electron chi connectivity index (χ2n) is 5.41. The number of nitrogens with zero attached hydrogens (tertiary/aromatic N) is 1. The van der Waals surface area contributed by atoms with Crippen LogP contribution >= 0.6 is 0 Å². The number of nitrogens with two attached hydrogens (primary N) is 1. The van der Waals surface area contributed by atoms with Gasteiger partial charge in [0.1, 0.15) is 5.82 Å². The maximum absolute atomic E-state index is 14.0. The molecule has 0 aliphatic carbocycles. The van der Waals surface area contributed by atoms with Crippen molar-refractivity contribution in [3.05, 3.63) is 76.7 Å². The van der Waals surface area contributed by atoms with Crippen molar-refractivity contribution in [1.29, 1.82) is 0 Å². The average molecular weight is 280 g/mol. The molecular formula is C18H17FN2. The molecule has 0 saturated heterocycles. The van der Waals surface area contributed by atoms with Crippen molar-refractivity contribution in [2.45, 2.75) is 19.9 Å². The molecular weight excluding hydrogens is 263 g/mol. The van der Waals surface area contributed by atoms with Gasteiger partial charge in [0.15, 0.2) is 0 Å². The first kappa shape index (κ1) is 13.7. The first-order valence-corrected chi connectivity index (χ1v) is 6.93. The van der Waals surface area contributed by atoms with E-state index in [1.165, 1.54) is 6.07 Å². The standard InChI is InChI=1S/C18H17FN2/c1-11-3-7-16(19)15(9-11)18(20)14-6-8-17-13(10-14)5-4-12(2)21-17/h3-10,18H,20H2,1-2H3. The first-order valence-electron chi connectivity index (χ1n) is 6.93. The molecule has 3 rings (SSSR count). The number of aromatic nitrogens is 1. The van der Waals surface area contributed by atoms with E-state index in [9.17, 15) is 4.39 Å². The van der Waals surface area contributed by atoms with E-state index in [1.54, 1.807) is 12.1 Å². The predicted molar refractivity (Wildman–Crippen MR) is 83.6 cm³/mol. The Bertz CT molecular complexity index is 811. The van der Waals surface area contributed by atoms with Crippen molar-refractivity contribution in [3.63, 3.8) is 0 Å². The lowest BCUT2D eigenvalue weighted by atomic mass is 9.96. The Hall–Kier alpha value is -2.26. The van der Waals surface area contributed by atoms with Crippen LogP contribution in [0.2, 0.25) is 0 Å². The van der Waals surface area contributed by atoms with E-state index in [0.29, 0.717) is 5.56 Å². The number of hydrogen-bond acceptors (Lipinski definition) is 2. The highest BCUT2D eigenvalue weighted by Crippen LogP contribution is 2.25. The molecule has 3 heteroatoms. The van der Waals surface area contributed by atoms with Crippen LogP contribution in [0, 0.1) is 19.7 Å². The molecule has 0 aliphatic rings. The van der Waals surface area contributed by atoms with E-state index < -0.39 is 6.04 Å². The van der Waals surface area contributed by atoms with Gasteiger partial charge in [-0.25, -0.2) is 4.39 Å². The third-order valence-electron chi connectivity index (χ3n) is 3.70. The number of benzene rings is 2. The topological polar surface area (TPSA) is 38.9 Å². The van der Waals surface area contributed by atoms with Crippen molar-refractivity contribution in [2.75, 3.05) is 0 Å². The second kappa shape index (κ2) is 5.26. The SMILES string of the molecule is Cc1ccc(F)c(C(N)c2ccc3nc(C)ccc3c2)c1. The van der Waals surface area contributed by atoms with Gasteiger partial charge >= 0.3 is 0 Å². The minimum Gasteiger partial charge on any atom is -0.320 e. The Labute approximate surface area is 123 Å². The number of halogens is 1. The summed E-state index contributed by atoms with van der Waals surface area (Å²) in [5, 5.41) is 1.02. The quantitative estimate of drug-likeness (QED) is 0.769. The fourth-order valence-electron chi connectivity index (χ4n) is 2.52. The zero-order valence-corrected chi connectivity index (χ0v) is 12.1. The van der Waals surface area contributed by atoms with Gasteiger partial charge in [0.25, 0.3) is 0 Å². The van der Waals surface area contributed by atoms with Crippen LogP contribution in [0.25, 0.3) is 10.9 Å². The molecule has 0 bridgehead atoms. The summed E-state index contributed by atoms with van der Waals surface area (Å²) in [6.45, 7) is 3.89. The van der Waals surface area contributed by atoms with Crippen LogP contribution in [0.15, 0.2) is 48.5 Å². The Balaban J connectivity index is 2.07. The van der Waals surface area contributed by atoms with Gasteiger partial charge in [-0.2, -0.15) is 0 Å². The smallest absolute Gasteiger partial charge is 0.128 e. The van der Waals surface area contributed by atoms with Crippen LogP contribution in [0.5, 0.6) is 0 Å². The fourth-order valence-corrected chi connectivity index (χ4v) is 2.52. The van der Waals surface area contributed by atoms with E-state index in [1.807, 2.05) is 44.2 Å². The zero-order chi connectivity index (χ0) is 15.0. The number of rotatable bonds is 2. The molecule has 3 aromatic rings. The first-order chi connectivity index (χ1) is 10.0. The van der Waals surface area contributed by atoms with Crippen LogP contribution in [-0.2, 0) is 0 Å². The number of fused-ring (bicyclic) bond motifs is 1. The average Bonchev–Trinajstić information content (AvgIpc) is 2.48. The molecule has 2 aromatic carbocycles. The monoisotopic (exact) mass is 280 g/mol. The molecule has 0 radical (unpaired) electrons. The van der Waals surface area contributed by atoms with Gasteiger partial charge in [-0.1, -0.05) is 29.8 Å². The van der Waals surface area contributed by atoms with Crippen LogP contribution < -0.4 is 5.73 Å². The van der Waals surface area contributed by atoms with E-state index in [4.69, 9.17) is 5.73 Å². The maximum Gasteiger partial charge on any atom is 0.128 e. The van der Waals surface area contributed by atoms with Gasteiger partial charge in [0.2, 0.25) is 0 Å². The predicted octanol–water partition coefficient (Wildman–Crippen LogP) is 4.04. The van der Waals surface area contributed by atoms with Crippen molar-refractivity contribution >= 4 is 10.9 Å². The minimum absolute atomic E-state index is 0.268. The third-order valence-corrected chi connectivity index (χ3v) is 3.70. The number of pyridine rings is 1. The molecule has 0 amide bonds. The molecule has 0 spiro atoms. The van der Waals surface area contributed by atoms with Gasteiger partial charge in [-0.3, -0.25) is 4.98 Å². The van der Waals surface area contributed by atoms with Crippen molar-refractivity contribution in [2.24, 2.45) is 5.73 Å². The fraction of sp³-hybridized carbons (Fsp3) is 0.167. The normalized spacial score (nSPS) is 12.6. The molecule has 0 aliphatic heterocycles. The summed E-state index contributed by atoms with van der Waals surface area (Å²) in [6.07, 6.45) is 0.